The van der Waals surface area contributed by atoms with Crippen LogP contribution < -0.4 is 5.32 Å². The van der Waals surface area contributed by atoms with E-state index in [4.69, 9.17) is 0 Å². The maximum atomic E-state index is 9.49. The predicted molar refractivity (Wildman–Crippen MR) is 28.6 cm³/mol. The molecule has 0 spiro atoms. The van der Waals surface area contributed by atoms with E-state index in [1.807, 2.05) is 0 Å². The Hall–Kier alpha value is 0.0600. The van der Waals surface area contributed by atoms with Crippen molar-refractivity contribution in [3.05, 3.63) is 0 Å². The molecule has 1 N–H and O–H groups in total. The van der Waals surface area contributed by atoms with Crippen molar-refractivity contribution in [3.8, 4) is 0 Å². The van der Waals surface area contributed by atoms with E-state index >= 15 is 0 Å². The lowest BCUT2D eigenvalue weighted by molar-refractivity contribution is -0.107. The highest BCUT2D eigenvalue weighted by molar-refractivity contribution is 7.16. The Kier molecular flexibility index (Phi) is 5.11. The summed E-state index contributed by atoms with van der Waals surface area (Å²) < 4.78 is 0. The van der Waals surface area contributed by atoms with Gasteiger partial charge in [0, 0.05) is 6.29 Å². The summed E-state index contributed by atoms with van der Waals surface area (Å²) in [4.78, 5) is 9.49. The van der Waals surface area contributed by atoms with Crippen molar-refractivity contribution in [1.29, 1.82) is 0 Å². The molecule has 6 heavy (non-hydrogen) atoms. The first-order chi connectivity index (χ1) is 2.91. The standard InChI is InChI=1S/C3H8NOP/c5-2-1-4-3-6/h2,4H,1,3,6H2. The van der Waals surface area contributed by atoms with Crippen LogP contribution in [0.15, 0.2) is 0 Å². The zero-order valence-electron chi connectivity index (χ0n) is 3.48. The average Bonchev–Trinajstić information content (AvgIpc) is 1.61. The molecule has 0 rings (SSSR count). The molecule has 0 radical (unpaired) electrons. The molecule has 2 nitrogen and oxygen atoms in total. The zero-order valence-corrected chi connectivity index (χ0v) is 4.63. The lowest BCUT2D eigenvalue weighted by Crippen LogP contribution is -2.12. The lowest BCUT2D eigenvalue weighted by atomic mass is 10.7. The summed E-state index contributed by atoms with van der Waals surface area (Å²) in [6, 6.07) is 0. The predicted octanol–water partition coefficient (Wildman–Crippen LogP) is -0.392. The second-order valence-electron chi connectivity index (χ2n) is 0.825. The van der Waals surface area contributed by atoms with E-state index in [0.29, 0.717) is 6.54 Å². The summed E-state index contributed by atoms with van der Waals surface area (Å²) in [6.45, 7) is 0.462. The smallest absolute Gasteiger partial charge is 0.133 e. The molecule has 0 saturated carbocycles. The summed E-state index contributed by atoms with van der Waals surface area (Å²) in [5, 5.41) is 2.79. The summed E-state index contributed by atoms with van der Waals surface area (Å²) in [5.74, 6) is 0. The number of hydrogen-bond acceptors (Lipinski definition) is 2. The van der Waals surface area contributed by atoms with Crippen LogP contribution in [0.4, 0.5) is 0 Å². The molecule has 1 unspecified atom stereocenters. The highest BCUT2D eigenvalue weighted by Crippen LogP contribution is 1.67. The maximum absolute atomic E-state index is 9.49. The van der Waals surface area contributed by atoms with E-state index in [0.717, 1.165) is 12.6 Å². The van der Waals surface area contributed by atoms with E-state index in [1.54, 1.807) is 0 Å². The van der Waals surface area contributed by atoms with Gasteiger partial charge in [0.15, 0.2) is 0 Å². The second-order valence-corrected chi connectivity index (χ2v) is 1.23. The summed E-state index contributed by atoms with van der Waals surface area (Å²) in [5.41, 5.74) is 0. The van der Waals surface area contributed by atoms with Gasteiger partial charge < -0.3 is 10.1 Å². The lowest BCUT2D eigenvalue weighted by Gasteiger charge is -1.85. The Morgan fingerprint density at radius 2 is 2.50 bits per heavy atom. The highest BCUT2D eigenvalue weighted by atomic mass is 31.0. The van der Waals surface area contributed by atoms with E-state index in [2.05, 4.69) is 14.6 Å². The van der Waals surface area contributed by atoms with Crippen molar-refractivity contribution in [1.82, 2.24) is 5.32 Å². The van der Waals surface area contributed by atoms with Gasteiger partial charge in [0.1, 0.15) is 6.29 Å². The van der Waals surface area contributed by atoms with Crippen LogP contribution in [0.3, 0.4) is 0 Å². The normalized spacial score (nSPS) is 8.17. The molecule has 0 heterocycles. The molecular weight excluding hydrogens is 97.0 g/mol. The quantitative estimate of drug-likeness (QED) is 0.301. The van der Waals surface area contributed by atoms with Crippen LogP contribution in [0.1, 0.15) is 0 Å². The molecule has 0 aliphatic carbocycles. The third-order valence-corrected chi connectivity index (χ3v) is 0.661. The van der Waals surface area contributed by atoms with Gasteiger partial charge in [-0.25, -0.2) is 0 Å². The molecule has 3 heteroatoms. The summed E-state index contributed by atoms with van der Waals surface area (Å²) >= 11 is 0. The van der Waals surface area contributed by atoms with Gasteiger partial charge in [0.2, 0.25) is 0 Å². The molecule has 0 amide bonds. The topological polar surface area (TPSA) is 29.1 Å². The number of hydrogen-bond donors (Lipinski definition) is 1. The van der Waals surface area contributed by atoms with Crippen LogP contribution in [-0.4, -0.2) is 19.1 Å². The van der Waals surface area contributed by atoms with Crippen molar-refractivity contribution in [2.24, 2.45) is 0 Å². The molecule has 0 aromatic rings. The largest absolute Gasteiger partial charge is 0.307 e. The van der Waals surface area contributed by atoms with Gasteiger partial charge >= 0.3 is 0 Å². The molecule has 0 aliphatic rings. The van der Waals surface area contributed by atoms with Crippen LogP contribution in [0.25, 0.3) is 0 Å². The molecule has 36 valence electrons. The number of carbonyl (C=O) groups excluding carboxylic acids is 1. The molecule has 0 saturated heterocycles. The molecule has 0 aromatic carbocycles. The van der Waals surface area contributed by atoms with Gasteiger partial charge in [0.25, 0.3) is 0 Å². The third-order valence-electron chi connectivity index (χ3n) is 0.372. The Labute approximate surface area is 39.5 Å². The summed E-state index contributed by atoms with van der Waals surface area (Å²) in [6.07, 6.45) is 1.63. The molecule has 1 atom stereocenters. The van der Waals surface area contributed by atoms with Crippen molar-refractivity contribution in [2.75, 3.05) is 12.8 Å². The van der Waals surface area contributed by atoms with E-state index in [9.17, 15) is 4.79 Å². The minimum Gasteiger partial charge on any atom is -0.307 e. The van der Waals surface area contributed by atoms with Crippen molar-refractivity contribution in [3.63, 3.8) is 0 Å². The number of rotatable bonds is 3. The fraction of sp³-hybridized carbons (Fsp3) is 0.667. The SMILES string of the molecule is O=CCNCP. The van der Waals surface area contributed by atoms with Gasteiger partial charge in [0.05, 0.1) is 6.54 Å². The minimum absolute atomic E-state index is 0.462. The average molecular weight is 105 g/mol. The number of carbonyl (C=O) groups is 1. The Bertz CT molecular complexity index is 39.8. The van der Waals surface area contributed by atoms with Crippen LogP contribution in [0, 0.1) is 0 Å². The van der Waals surface area contributed by atoms with Crippen LogP contribution in [0.5, 0.6) is 0 Å². The van der Waals surface area contributed by atoms with E-state index in [-0.39, 0.29) is 0 Å². The van der Waals surface area contributed by atoms with Crippen molar-refractivity contribution < 1.29 is 4.79 Å². The van der Waals surface area contributed by atoms with E-state index in [1.165, 1.54) is 0 Å². The van der Waals surface area contributed by atoms with Gasteiger partial charge in [-0.2, -0.15) is 0 Å². The van der Waals surface area contributed by atoms with Gasteiger partial charge in [-0.05, 0) is 0 Å². The Morgan fingerprint density at radius 1 is 1.83 bits per heavy atom. The van der Waals surface area contributed by atoms with Crippen LogP contribution >= 0.6 is 9.24 Å². The van der Waals surface area contributed by atoms with Crippen LogP contribution in [-0.2, 0) is 4.79 Å². The Morgan fingerprint density at radius 3 is 2.67 bits per heavy atom. The van der Waals surface area contributed by atoms with E-state index < -0.39 is 0 Å². The van der Waals surface area contributed by atoms with Crippen molar-refractivity contribution >= 4 is 15.5 Å². The van der Waals surface area contributed by atoms with Crippen molar-refractivity contribution in [2.45, 2.75) is 0 Å². The third kappa shape index (κ3) is 4.06. The first kappa shape index (κ1) is 6.06. The van der Waals surface area contributed by atoms with Gasteiger partial charge in [-0.3, -0.25) is 0 Å². The monoisotopic (exact) mass is 105 g/mol. The van der Waals surface area contributed by atoms with Crippen LogP contribution in [0.2, 0.25) is 0 Å². The highest BCUT2D eigenvalue weighted by Gasteiger charge is 1.70. The van der Waals surface area contributed by atoms with Gasteiger partial charge in [-0.1, -0.05) is 0 Å². The number of nitrogens with one attached hydrogen (secondary N) is 1. The molecule has 0 aromatic heterocycles. The molecular formula is C3H8NOP. The Balaban J connectivity index is 2.49. The molecule has 0 bridgehead atoms. The molecule has 0 fully saturated rings. The molecule has 0 aliphatic heterocycles. The summed E-state index contributed by atoms with van der Waals surface area (Å²) in [7, 11) is 2.46. The number of aldehydes is 1. The second kappa shape index (κ2) is 5.06. The minimum atomic E-state index is 0.462. The fourth-order valence-electron chi connectivity index (χ4n) is 0.142. The maximum Gasteiger partial charge on any atom is 0.133 e. The fourth-order valence-corrected chi connectivity index (χ4v) is 0.309. The van der Waals surface area contributed by atoms with Gasteiger partial charge in [-0.15, -0.1) is 9.24 Å². The zero-order chi connectivity index (χ0) is 4.83. The first-order valence-corrected chi connectivity index (χ1v) is 2.58. The first-order valence-electron chi connectivity index (χ1n) is 1.76.